The molecule has 1 N–H and O–H groups in total. The molecular weight excluding hydrogens is 316 g/mol. The van der Waals surface area contributed by atoms with Crippen molar-refractivity contribution in [2.75, 3.05) is 0 Å². The van der Waals surface area contributed by atoms with Crippen molar-refractivity contribution >= 4 is 23.2 Å². The van der Waals surface area contributed by atoms with E-state index < -0.39 is 17.8 Å². The Labute approximate surface area is 122 Å². The zero-order valence-corrected chi connectivity index (χ0v) is 11.3. The van der Waals surface area contributed by atoms with E-state index in [2.05, 4.69) is 9.97 Å². The topological polar surface area (TPSA) is 46.0 Å². The van der Waals surface area contributed by atoms with Crippen LogP contribution in [0.3, 0.4) is 0 Å². The first-order chi connectivity index (χ1) is 9.27. The number of aromatic hydroxyl groups is 1. The number of hydrogen-bond acceptors (Lipinski definition) is 3. The van der Waals surface area contributed by atoms with Gasteiger partial charge in [-0.05, 0) is 17.7 Å². The van der Waals surface area contributed by atoms with Crippen molar-refractivity contribution in [1.82, 2.24) is 9.97 Å². The lowest BCUT2D eigenvalue weighted by Gasteiger charge is -2.09. The van der Waals surface area contributed by atoms with Crippen molar-refractivity contribution in [1.29, 1.82) is 0 Å². The molecule has 0 unspecified atom stereocenters. The molecule has 20 heavy (non-hydrogen) atoms. The summed E-state index contributed by atoms with van der Waals surface area (Å²) in [6, 6.07) is 4.60. The molecule has 0 amide bonds. The molecule has 3 nitrogen and oxygen atoms in total. The van der Waals surface area contributed by atoms with Gasteiger partial charge in [-0.25, -0.2) is 9.97 Å². The summed E-state index contributed by atoms with van der Waals surface area (Å²) in [6.45, 7) is 0. The van der Waals surface area contributed by atoms with E-state index in [0.717, 1.165) is 6.20 Å². The third kappa shape index (κ3) is 3.32. The van der Waals surface area contributed by atoms with Crippen molar-refractivity contribution in [3.8, 4) is 5.75 Å². The third-order valence-electron chi connectivity index (χ3n) is 2.45. The maximum absolute atomic E-state index is 12.5. The quantitative estimate of drug-likeness (QED) is 0.905. The van der Waals surface area contributed by atoms with Gasteiger partial charge in [-0.3, -0.25) is 0 Å². The lowest BCUT2D eigenvalue weighted by molar-refractivity contribution is -0.145. The Balaban J connectivity index is 2.35. The van der Waals surface area contributed by atoms with Crippen molar-refractivity contribution in [2.24, 2.45) is 0 Å². The summed E-state index contributed by atoms with van der Waals surface area (Å²) < 4.78 is 37.5. The van der Waals surface area contributed by atoms with E-state index in [1.165, 1.54) is 12.1 Å². The second kappa shape index (κ2) is 5.46. The number of rotatable bonds is 2. The monoisotopic (exact) mass is 322 g/mol. The summed E-state index contributed by atoms with van der Waals surface area (Å²) in [7, 11) is 0. The van der Waals surface area contributed by atoms with Crippen molar-refractivity contribution in [3.63, 3.8) is 0 Å². The molecule has 0 saturated heterocycles. The van der Waals surface area contributed by atoms with E-state index in [1.807, 2.05) is 0 Å². The Hall–Kier alpha value is -1.53. The fraction of sp³-hybridized carbons (Fsp3) is 0.167. The van der Waals surface area contributed by atoms with Gasteiger partial charge in [-0.15, -0.1) is 0 Å². The normalized spacial score (nSPS) is 11.7. The van der Waals surface area contributed by atoms with E-state index in [0.29, 0.717) is 10.6 Å². The summed E-state index contributed by atoms with van der Waals surface area (Å²) in [5.41, 5.74) is 0.437. The van der Waals surface area contributed by atoms with E-state index in [9.17, 15) is 18.3 Å². The minimum Gasteiger partial charge on any atom is -0.504 e. The zero-order chi connectivity index (χ0) is 14.9. The van der Waals surface area contributed by atoms with Crippen LogP contribution in [0.5, 0.6) is 5.75 Å². The molecular formula is C12H7Cl2F3N2O. The first-order valence-corrected chi connectivity index (χ1v) is 6.09. The summed E-state index contributed by atoms with van der Waals surface area (Å²) in [4.78, 5) is 6.38. The standard InChI is InChI=1S/C12H7Cl2F3N2O/c13-7-2-1-6(3-8(7)14)4-9-10(20)5-18-11(19-9)12(15,16)17/h1-3,5,20H,4H2. The highest BCUT2D eigenvalue weighted by Gasteiger charge is 2.35. The Kier molecular flexibility index (Phi) is 4.06. The predicted octanol–water partition coefficient (Wildman–Crippen LogP) is 4.10. The van der Waals surface area contributed by atoms with Crippen LogP contribution in [0, 0.1) is 0 Å². The average molecular weight is 323 g/mol. The predicted molar refractivity (Wildman–Crippen MR) is 68.0 cm³/mol. The van der Waals surface area contributed by atoms with E-state index in [4.69, 9.17) is 23.2 Å². The van der Waals surface area contributed by atoms with Gasteiger partial charge < -0.3 is 5.11 Å². The highest BCUT2D eigenvalue weighted by Crippen LogP contribution is 2.29. The van der Waals surface area contributed by atoms with Crippen LogP contribution in [0.25, 0.3) is 0 Å². The third-order valence-corrected chi connectivity index (χ3v) is 3.19. The zero-order valence-electron chi connectivity index (χ0n) is 9.75. The number of benzene rings is 1. The molecule has 1 heterocycles. The molecule has 1 aromatic carbocycles. The summed E-state index contributed by atoms with van der Waals surface area (Å²) in [6.07, 6.45) is -3.96. The molecule has 0 aliphatic rings. The first-order valence-electron chi connectivity index (χ1n) is 5.33. The number of aromatic nitrogens is 2. The molecule has 2 rings (SSSR count). The van der Waals surface area contributed by atoms with Crippen molar-refractivity contribution < 1.29 is 18.3 Å². The smallest absolute Gasteiger partial charge is 0.451 e. The number of hydrogen-bond donors (Lipinski definition) is 1. The second-order valence-electron chi connectivity index (χ2n) is 3.95. The summed E-state index contributed by atoms with van der Waals surface area (Å²) in [5, 5.41) is 10.1. The van der Waals surface area contributed by atoms with Gasteiger partial charge in [0.2, 0.25) is 5.82 Å². The van der Waals surface area contributed by atoms with Crippen molar-refractivity contribution in [2.45, 2.75) is 12.6 Å². The number of nitrogens with zero attached hydrogens (tertiary/aromatic N) is 2. The molecule has 0 spiro atoms. The second-order valence-corrected chi connectivity index (χ2v) is 4.76. The van der Waals surface area contributed by atoms with Crippen molar-refractivity contribution in [3.05, 3.63) is 51.5 Å². The Bertz CT molecular complexity index is 647. The van der Waals surface area contributed by atoms with Crippen LogP contribution >= 0.6 is 23.2 Å². The largest absolute Gasteiger partial charge is 0.504 e. The Morgan fingerprint density at radius 2 is 1.85 bits per heavy atom. The van der Waals surface area contributed by atoms with Gasteiger partial charge in [0.15, 0.2) is 5.75 Å². The van der Waals surface area contributed by atoms with Crippen LogP contribution in [0.4, 0.5) is 13.2 Å². The molecule has 0 radical (unpaired) electrons. The van der Waals surface area contributed by atoms with Gasteiger partial charge >= 0.3 is 6.18 Å². The molecule has 2 aromatic rings. The van der Waals surface area contributed by atoms with Gasteiger partial charge in [0.1, 0.15) is 0 Å². The van der Waals surface area contributed by atoms with Crippen LogP contribution in [0.1, 0.15) is 17.1 Å². The number of alkyl halides is 3. The van der Waals surface area contributed by atoms with Gasteiger partial charge in [0, 0.05) is 6.42 Å². The van der Waals surface area contributed by atoms with E-state index >= 15 is 0 Å². The summed E-state index contributed by atoms with van der Waals surface area (Å²) in [5.74, 6) is -1.71. The molecule has 106 valence electrons. The van der Waals surface area contributed by atoms with E-state index in [1.54, 1.807) is 6.07 Å². The van der Waals surface area contributed by atoms with Crippen LogP contribution in [-0.2, 0) is 12.6 Å². The highest BCUT2D eigenvalue weighted by atomic mass is 35.5. The molecule has 0 atom stereocenters. The molecule has 0 aliphatic carbocycles. The minimum absolute atomic E-state index is 0.0195. The Morgan fingerprint density at radius 3 is 2.45 bits per heavy atom. The fourth-order valence-corrected chi connectivity index (χ4v) is 1.84. The Morgan fingerprint density at radius 1 is 1.15 bits per heavy atom. The minimum atomic E-state index is -4.67. The first kappa shape index (κ1) is 14.9. The summed E-state index contributed by atoms with van der Waals surface area (Å²) >= 11 is 11.6. The molecule has 0 aliphatic heterocycles. The fourth-order valence-electron chi connectivity index (χ4n) is 1.52. The highest BCUT2D eigenvalue weighted by molar-refractivity contribution is 6.42. The lowest BCUT2D eigenvalue weighted by Crippen LogP contribution is -2.12. The van der Waals surface area contributed by atoms with Crippen LogP contribution < -0.4 is 0 Å². The molecule has 0 saturated carbocycles. The van der Waals surface area contributed by atoms with Gasteiger partial charge in [0.25, 0.3) is 0 Å². The molecule has 0 fully saturated rings. The van der Waals surface area contributed by atoms with Crippen LogP contribution in [-0.4, -0.2) is 15.1 Å². The maximum atomic E-state index is 12.5. The molecule has 0 bridgehead atoms. The maximum Gasteiger partial charge on any atom is 0.451 e. The lowest BCUT2D eigenvalue weighted by atomic mass is 10.1. The van der Waals surface area contributed by atoms with E-state index in [-0.39, 0.29) is 17.1 Å². The van der Waals surface area contributed by atoms with Gasteiger partial charge in [-0.2, -0.15) is 13.2 Å². The SMILES string of the molecule is Oc1cnc(C(F)(F)F)nc1Cc1ccc(Cl)c(Cl)c1. The molecule has 8 heteroatoms. The van der Waals surface area contributed by atoms with Crippen LogP contribution in [0.2, 0.25) is 10.0 Å². The van der Waals surface area contributed by atoms with Gasteiger partial charge in [-0.1, -0.05) is 29.3 Å². The molecule has 1 aromatic heterocycles. The van der Waals surface area contributed by atoms with Gasteiger partial charge in [0.05, 0.1) is 21.9 Å². The average Bonchev–Trinajstić information content (AvgIpc) is 2.35. The number of halogens is 5. The van der Waals surface area contributed by atoms with Crippen LogP contribution in [0.15, 0.2) is 24.4 Å².